The van der Waals surface area contributed by atoms with Crippen molar-refractivity contribution in [2.24, 2.45) is 0 Å². The number of aryl methyl sites for hydroxylation is 2. The van der Waals surface area contributed by atoms with Crippen LogP contribution in [0.1, 0.15) is 5.56 Å². The van der Waals surface area contributed by atoms with E-state index in [2.05, 4.69) is 10.4 Å². The number of hydrogen-bond acceptors (Lipinski definition) is 3. The summed E-state index contributed by atoms with van der Waals surface area (Å²) >= 11 is 0. The van der Waals surface area contributed by atoms with Gasteiger partial charge in [0.15, 0.2) is 0 Å². The van der Waals surface area contributed by atoms with E-state index in [0.29, 0.717) is 18.1 Å². The van der Waals surface area contributed by atoms with E-state index in [-0.39, 0.29) is 5.56 Å². The number of aromatic amines is 1. The molecule has 0 fully saturated rings. The molecule has 6 nitrogen and oxygen atoms in total. The summed E-state index contributed by atoms with van der Waals surface area (Å²) in [6.07, 6.45) is 0.0625. The number of hydrogen-bond donors (Lipinski definition) is 2. The first kappa shape index (κ1) is 15.6. The number of benzene rings is 2. The topological polar surface area (TPSA) is 76.1 Å². The summed E-state index contributed by atoms with van der Waals surface area (Å²) < 4.78 is 6.56. The second kappa shape index (κ2) is 7.32. The van der Waals surface area contributed by atoms with E-state index in [0.717, 1.165) is 12.0 Å². The predicted molar refractivity (Wildman–Crippen MR) is 91.3 cm³/mol. The van der Waals surface area contributed by atoms with Crippen LogP contribution in [-0.2, 0) is 13.0 Å². The molecule has 0 aliphatic heterocycles. The summed E-state index contributed by atoms with van der Waals surface area (Å²) in [5, 5.41) is 5.37. The molecule has 122 valence electrons. The average Bonchev–Trinajstić information content (AvgIpc) is 2.94. The van der Waals surface area contributed by atoms with E-state index in [1.807, 2.05) is 36.4 Å². The summed E-state index contributed by atoms with van der Waals surface area (Å²) in [6, 6.07) is 19.9. The van der Waals surface area contributed by atoms with E-state index < -0.39 is 6.09 Å². The maximum atomic E-state index is 11.9. The lowest BCUT2D eigenvalue weighted by molar-refractivity contribution is 0.215. The summed E-state index contributed by atoms with van der Waals surface area (Å²) in [7, 11) is 0. The van der Waals surface area contributed by atoms with Gasteiger partial charge in [0, 0.05) is 12.6 Å². The van der Waals surface area contributed by atoms with Gasteiger partial charge in [-0.1, -0.05) is 48.5 Å². The highest BCUT2D eigenvalue weighted by atomic mass is 16.6. The van der Waals surface area contributed by atoms with E-state index in [9.17, 15) is 9.59 Å². The Morgan fingerprint density at radius 1 is 1.04 bits per heavy atom. The van der Waals surface area contributed by atoms with Gasteiger partial charge in [-0.15, -0.1) is 0 Å². The van der Waals surface area contributed by atoms with Gasteiger partial charge in [-0.05, 0) is 24.1 Å². The Kier molecular flexibility index (Phi) is 4.76. The molecule has 3 rings (SSSR count). The van der Waals surface area contributed by atoms with Crippen molar-refractivity contribution in [3.05, 3.63) is 82.6 Å². The highest BCUT2D eigenvalue weighted by Crippen LogP contribution is 2.10. The van der Waals surface area contributed by atoms with Crippen molar-refractivity contribution in [2.75, 3.05) is 5.32 Å². The second-order valence-electron chi connectivity index (χ2n) is 5.22. The van der Waals surface area contributed by atoms with Crippen LogP contribution in [0.3, 0.4) is 0 Å². The predicted octanol–water partition coefficient (Wildman–Crippen LogP) is 3.03. The molecule has 1 aromatic heterocycles. The molecule has 2 aromatic carbocycles. The third-order valence-corrected chi connectivity index (χ3v) is 3.45. The Bertz CT molecular complexity index is 854. The van der Waals surface area contributed by atoms with Crippen LogP contribution < -0.4 is 15.6 Å². The Balaban J connectivity index is 1.59. The van der Waals surface area contributed by atoms with Gasteiger partial charge in [0.05, 0.1) is 0 Å². The molecule has 1 heterocycles. The fourth-order valence-electron chi connectivity index (χ4n) is 2.28. The van der Waals surface area contributed by atoms with E-state index in [4.69, 9.17) is 4.74 Å². The number of carbonyl (C=O) groups is 1. The average molecular weight is 323 g/mol. The third kappa shape index (κ3) is 4.13. The van der Waals surface area contributed by atoms with Gasteiger partial charge < -0.3 is 4.74 Å². The molecule has 0 spiro atoms. The quantitative estimate of drug-likeness (QED) is 0.758. The number of rotatable bonds is 5. The minimum atomic E-state index is -0.655. The van der Waals surface area contributed by atoms with Gasteiger partial charge in [0.2, 0.25) is 0 Å². The smallest absolute Gasteiger partial charge is 0.410 e. The number of nitrogens with one attached hydrogen (secondary N) is 2. The summed E-state index contributed by atoms with van der Waals surface area (Å²) in [5.74, 6) is 0.731. The normalized spacial score (nSPS) is 10.3. The zero-order valence-corrected chi connectivity index (χ0v) is 12.9. The molecule has 6 heteroatoms. The van der Waals surface area contributed by atoms with Crippen molar-refractivity contribution in [1.29, 1.82) is 0 Å². The largest absolute Gasteiger partial charge is 0.418 e. The Morgan fingerprint density at radius 3 is 2.42 bits per heavy atom. The molecule has 24 heavy (non-hydrogen) atoms. The van der Waals surface area contributed by atoms with Crippen LogP contribution in [-0.4, -0.2) is 15.9 Å². The highest BCUT2D eigenvalue weighted by Gasteiger charge is 2.08. The zero-order valence-electron chi connectivity index (χ0n) is 12.9. The van der Waals surface area contributed by atoms with Gasteiger partial charge in [-0.2, -0.15) is 0 Å². The number of nitrogens with zero attached hydrogens (tertiary/aromatic N) is 1. The Morgan fingerprint density at radius 2 is 1.71 bits per heavy atom. The van der Waals surface area contributed by atoms with Gasteiger partial charge in [-0.25, -0.2) is 4.79 Å². The first-order valence-corrected chi connectivity index (χ1v) is 7.58. The first-order valence-electron chi connectivity index (χ1n) is 7.58. The molecular formula is C18H17N3O3. The molecule has 0 aliphatic carbocycles. The number of aromatic nitrogens is 2. The maximum Gasteiger partial charge on any atom is 0.418 e. The Labute approximate surface area is 138 Å². The number of H-pyrrole nitrogens is 1. The Hall–Kier alpha value is -3.28. The number of ether oxygens (including phenoxy) is 1. The summed E-state index contributed by atoms with van der Waals surface area (Å²) in [5.41, 5.74) is 0.929. The highest BCUT2D eigenvalue weighted by molar-refractivity contribution is 5.84. The number of para-hydroxylation sites is 1. The molecule has 0 bridgehead atoms. The summed E-state index contributed by atoms with van der Waals surface area (Å²) in [6.45, 7) is 0.498. The van der Waals surface area contributed by atoms with E-state index >= 15 is 0 Å². The van der Waals surface area contributed by atoms with Crippen LogP contribution in [0.5, 0.6) is 5.75 Å². The van der Waals surface area contributed by atoms with Gasteiger partial charge in [0.25, 0.3) is 5.56 Å². The second-order valence-corrected chi connectivity index (χ2v) is 5.22. The molecule has 0 radical (unpaired) electrons. The van der Waals surface area contributed by atoms with E-state index in [1.165, 1.54) is 10.7 Å². The van der Waals surface area contributed by atoms with Crippen LogP contribution in [0.4, 0.5) is 10.6 Å². The van der Waals surface area contributed by atoms with Crippen molar-refractivity contribution in [3.63, 3.8) is 0 Å². The molecule has 0 aliphatic rings. The van der Waals surface area contributed by atoms with Gasteiger partial charge >= 0.3 is 6.09 Å². The van der Waals surface area contributed by atoms with Gasteiger partial charge in [0.1, 0.15) is 11.6 Å². The van der Waals surface area contributed by atoms with Crippen molar-refractivity contribution >= 4 is 11.9 Å². The first-order chi connectivity index (χ1) is 11.7. The van der Waals surface area contributed by atoms with Crippen LogP contribution >= 0.6 is 0 Å². The summed E-state index contributed by atoms with van der Waals surface area (Å²) in [4.78, 5) is 23.8. The van der Waals surface area contributed by atoms with Crippen molar-refractivity contribution in [1.82, 2.24) is 9.78 Å². The minimum Gasteiger partial charge on any atom is -0.410 e. The fraction of sp³-hybridized carbons (Fsp3) is 0.111. The maximum absolute atomic E-state index is 11.9. The molecular weight excluding hydrogens is 306 g/mol. The monoisotopic (exact) mass is 323 g/mol. The molecule has 0 saturated heterocycles. The SMILES string of the molecule is O=C(Nc1cc(=O)n(CCc2ccccc2)[nH]1)Oc1ccccc1. The lowest BCUT2D eigenvalue weighted by Gasteiger charge is -2.05. The van der Waals surface area contributed by atoms with E-state index in [1.54, 1.807) is 24.3 Å². The van der Waals surface area contributed by atoms with Gasteiger partial charge in [-0.3, -0.25) is 19.9 Å². The molecule has 2 N–H and O–H groups in total. The number of amides is 1. The van der Waals surface area contributed by atoms with Crippen LogP contribution in [0.2, 0.25) is 0 Å². The van der Waals surface area contributed by atoms with Crippen molar-refractivity contribution < 1.29 is 9.53 Å². The van der Waals surface area contributed by atoms with Crippen molar-refractivity contribution in [2.45, 2.75) is 13.0 Å². The molecule has 1 amide bonds. The van der Waals surface area contributed by atoms with Crippen LogP contribution in [0, 0.1) is 0 Å². The standard InChI is InChI=1S/C18H17N3O3/c22-17-13-16(19-18(23)24-15-9-5-2-6-10-15)20-21(17)12-11-14-7-3-1-4-8-14/h1-10,13,20H,11-12H2,(H,19,23). The molecule has 3 aromatic rings. The molecule has 0 atom stereocenters. The van der Waals surface area contributed by atoms with Crippen LogP contribution in [0.25, 0.3) is 0 Å². The fourth-order valence-corrected chi connectivity index (χ4v) is 2.28. The molecule has 0 unspecified atom stereocenters. The number of anilines is 1. The lowest BCUT2D eigenvalue weighted by atomic mass is 10.1. The third-order valence-electron chi connectivity index (χ3n) is 3.45. The van der Waals surface area contributed by atoms with Crippen LogP contribution in [0.15, 0.2) is 71.5 Å². The number of carbonyl (C=O) groups excluding carboxylic acids is 1. The lowest BCUT2D eigenvalue weighted by Crippen LogP contribution is -2.18. The zero-order chi connectivity index (χ0) is 16.8. The minimum absolute atomic E-state index is 0.207. The molecule has 0 saturated carbocycles. The van der Waals surface area contributed by atoms with Crippen molar-refractivity contribution in [3.8, 4) is 5.75 Å².